The van der Waals surface area contributed by atoms with E-state index in [1.54, 1.807) is 20.8 Å². The van der Waals surface area contributed by atoms with Crippen LogP contribution in [0.25, 0.3) is 0 Å². The first-order valence-corrected chi connectivity index (χ1v) is 11.0. The van der Waals surface area contributed by atoms with Crippen LogP contribution in [0.2, 0.25) is 0 Å². The quantitative estimate of drug-likeness (QED) is 0.657. The Balaban J connectivity index is 1.69. The Bertz CT molecular complexity index is 819. The molecule has 1 saturated carbocycles. The Morgan fingerprint density at radius 1 is 1.20 bits per heavy atom. The van der Waals surface area contributed by atoms with E-state index in [9.17, 15) is 19.5 Å². The van der Waals surface area contributed by atoms with Gasteiger partial charge in [-0.3, -0.25) is 9.59 Å². The summed E-state index contributed by atoms with van der Waals surface area (Å²) in [5.41, 5.74) is 0.304. The highest BCUT2D eigenvalue weighted by atomic mass is 32.1. The topological polar surface area (TPSA) is 121 Å². The second kappa shape index (κ2) is 8.89. The molecule has 1 aromatic rings. The van der Waals surface area contributed by atoms with Crippen LogP contribution >= 0.6 is 11.3 Å². The third-order valence-corrected chi connectivity index (χ3v) is 6.42. The molecular formula is C20H30N4O5S. The molecule has 2 heterocycles. The largest absolute Gasteiger partial charge is 0.481 e. The predicted octanol–water partition coefficient (Wildman–Crippen LogP) is 2.01. The van der Waals surface area contributed by atoms with E-state index in [1.165, 1.54) is 11.3 Å². The van der Waals surface area contributed by atoms with Crippen LogP contribution in [0.15, 0.2) is 0 Å². The molecule has 2 aliphatic rings. The number of alkyl carbamates (subject to hydrolysis) is 1. The fraction of sp³-hybridized carbons (Fsp3) is 0.700. The van der Waals surface area contributed by atoms with Crippen LogP contribution in [0.4, 0.5) is 4.79 Å². The van der Waals surface area contributed by atoms with Crippen molar-refractivity contribution < 1.29 is 24.2 Å². The number of hydrogen-bond donors (Lipinski definition) is 3. The lowest BCUT2D eigenvalue weighted by Crippen LogP contribution is -2.55. The number of nitrogens with one attached hydrogen (secondary N) is 2. The van der Waals surface area contributed by atoms with Crippen molar-refractivity contribution in [3.63, 3.8) is 0 Å². The van der Waals surface area contributed by atoms with Gasteiger partial charge < -0.3 is 25.4 Å². The van der Waals surface area contributed by atoms with Crippen molar-refractivity contribution in [3.05, 3.63) is 15.6 Å². The molecule has 166 valence electrons. The summed E-state index contributed by atoms with van der Waals surface area (Å²) >= 11 is 1.39. The van der Waals surface area contributed by atoms with Crippen molar-refractivity contribution in [1.29, 1.82) is 0 Å². The minimum atomic E-state index is -0.896. The third-order valence-electron chi connectivity index (χ3n) is 5.33. The number of aromatic nitrogens is 1. The average Bonchev–Trinajstić information content (AvgIpc) is 3.04. The fourth-order valence-corrected chi connectivity index (χ4v) is 4.93. The van der Waals surface area contributed by atoms with Gasteiger partial charge in [-0.2, -0.15) is 0 Å². The molecule has 0 bridgehead atoms. The van der Waals surface area contributed by atoms with Crippen LogP contribution in [0.5, 0.6) is 0 Å². The number of carbonyl (C=O) groups is 3. The van der Waals surface area contributed by atoms with Crippen LogP contribution in [0.3, 0.4) is 0 Å². The molecule has 9 nitrogen and oxygen atoms in total. The molecule has 1 fully saturated rings. The Morgan fingerprint density at radius 3 is 2.60 bits per heavy atom. The molecule has 0 aromatic carbocycles. The zero-order valence-electron chi connectivity index (χ0n) is 17.9. The minimum absolute atomic E-state index is 0.235. The Morgan fingerprint density at radius 2 is 1.93 bits per heavy atom. The second-order valence-electron chi connectivity index (χ2n) is 9.06. The molecule has 3 N–H and O–H groups in total. The number of carboxylic acid groups (broad SMARTS) is 1. The molecular weight excluding hydrogens is 408 g/mol. The number of aliphatic carboxylic acids is 1. The zero-order chi connectivity index (χ0) is 22.1. The first-order valence-electron chi connectivity index (χ1n) is 10.2. The minimum Gasteiger partial charge on any atom is -0.481 e. The highest BCUT2D eigenvalue weighted by Gasteiger charge is 2.37. The lowest BCUT2D eigenvalue weighted by atomic mass is 9.82. The molecule has 0 radical (unpaired) electrons. The number of rotatable bonds is 4. The number of likely N-dealkylation sites (N-methyl/N-ethyl adjacent to an activating group) is 1. The van der Waals surface area contributed by atoms with E-state index < -0.39 is 29.6 Å². The number of carboxylic acids is 1. The predicted molar refractivity (Wildman–Crippen MR) is 112 cm³/mol. The highest BCUT2D eigenvalue weighted by Crippen LogP contribution is 2.28. The summed E-state index contributed by atoms with van der Waals surface area (Å²) in [6, 6.07) is -0.913. The van der Waals surface area contributed by atoms with E-state index >= 15 is 0 Å². The maximum Gasteiger partial charge on any atom is 0.407 e. The van der Waals surface area contributed by atoms with Crippen LogP contribution < -0.4 is 10.6 Å². The number of ether oxygens (including phenoxy) is 1. The maximum absolute atomic E-state index is 12.9. The Hall–Kier alpha value is -2.20. The van der Waals surface area contributed by atoms with E-state index in [0.717, 1.165) is 30.1 Å². The van der Waals surface area contributed by atoms with Gasteiger partial charge in [0.2, 0.25) is 0 Å². The first-order chi connectivity index (χ1) is 14.0. The van der Waals surface area contributed by atoms with E-state index in [-0.39, 0.29) is 18.4 Å². The number of thiazole rings is 1. The molecule has 1 aromatic heterocycles. The van der Waals surface area contributed by atoms with Gasteiger partial charge in [-0.25, -0.2) is 9.78 Å². The second-order valence-corrected chi connectivity index (χ2v) is 10.1. The van der Waals surface area contributed by atoms with Gasteiger partial charge >= 0.3 is 12.1 Å². The van der Waals surface area contributed by atoms with Gasteiger partial charge in [-0.1, -0.05) is 0 Å². The summed E-state index contributed by atoms with van der Waals surface area (Å²) in [5.74, 6) is -1.75. The van der Waals surface area contributed by atoms with Crippen molar-refractivity contribution in [1.82, 2.24) is 20.5 Å². The molecule has 30 heavy (non-hydrogen) atoms. The molecule has 2 amide bonds. The molecule has 1 aliphatic heterocycles. The smallest absolute Gasteiger partial charge is 0.407 e. The number of carbonyl (C=O) groups excluding carboxylic acids is 2. The van der Waals surface area contributed by atoms with Crippen molar-refractivity contribution in [2.24, 2.45) is 5.92 Å². The van der Waals surface area contributed by atoms with Crippen LogP contribution in [0, 0.1) is 5.92 Å². The van der Waals surface area contributed by atoms with Gasteiger partial charge in [0.05, 0.1) is 17.7 Å². The van der Waals surface area contributed by atoms with Gasteiger partial charge in [0.25, 0.3) is 5.91 Å². The maximum atomic E-state index is 12.9. The lowest BCUT2D eigenvalue weighted by molar-refractivity contribution is -0.143. The summed E-state index contributed by atoms with van der Waals surface area (Å²) in [6.07, 6.45) is 1.33. The molecule has 3 atom stereocenters. The zero-order valence-corrected chi connectivity index (χ0v) is 18.7. The van der Waals surface area contributed by atoms with Crippen molar-refractivity contribution >= 4 is 29.3 Å². The number of hydrogen-bond acceptors (Lipinski definition) is 7. The molecule has 0 saturated heterocycles. The summed E-state index contributed by atoms with van der Waals surface area (Å²) in [6.45, 7) is 6.98. The van der Waals surface area contributed by atoms with Crippen molar-refractivity contribution in [2.75, 3.05) is 13.6 Å². The van der Waals surface area contributed by atoms with Gasteiger partial charge in [-0.05, 0) is 47.1 Å². The van der Waals surface area contributed by atoms with E-state index in [4.69, 9.17) is 4.74 Å². The summed E-state index contributed by atoms with van der Waals surface area (Å²) < 4.78 is 5.31. The lowest BCUT2D eigenvalue weighted by Gasteiger charge is -2.35. The molecule has 3 rings (SSSR count). The normalized spacial score (nSPS) is 24.6. The Kier molecular flexibility index (Phi) is 6.66. The van der Waals surface area contributed by atoms with Crippen LogP contribution in [0.1, 0.15) is 60.4 Å². The first kappa shape index (κ1) is 22.5. The van der Waals surface area contributed by atoms with Gasteiger partial charge in [0.15, 0.2) is 5.01 Å². The fourth-order valence-electron chi connectivity index (χ4n) is 3.84. The number of amides is 2. The summed E-state index contributed by atoms with van der Waals surface area (Å²) in [4.78, 5) is 44.4. The Labute approximate surface area is 180 Å². The SMILES string of the molecule is CN1CCc2nc(C(=O)N[C@@H]3CC[C@@H](C(=O)O)C[C@@H]3NC(=O)OC(C)(C)C)sc2C1. The standard InChI is InChI=1S/C20H30N4O5S/c1-20(2,3)29-19(28)23-14-9-11(18(26)27)5-6-12(14)21-16(25)17-22-13-7-8-24(4)10-15(13)30-17/h11-12,14H,5-10H2,1-4H3,(H,21,25)(H,23,28)(H,26,27)/t11-,12-,14+/m1/s1. The highest BCUT2D eigenvalue weighted by molar-refractivity contribution is 7.13. The molecule has 1 aliphatic carbocycles. The molecule has 10 heteroatoms. The van der Waals surface area contributed by atoms with Gasteiger partial charge in [-0.15, -0.1) is 11.3 Å². The summed E-state index contributed by atoms with van der Waals surface area (Å²) in [5, 5.41) is 15.5. The average molecular weight is 439 g/mol. The summed E-state index contributed by atoms with van der Waals surface area (Å²) in [7, 11) is 2.04. The van der Waals surface area contributed by atoms with E-state index in [1.807, 2.05) is 7.05 Å². The van der Waals surface area contributed by atoms with E-state index in [0.29, 0.717) is 17.8 Å². The van der Waals surface area contributed by atoms with Crippen molar-refractivity contribution in [3.8, 4) is 0 Å². The van der Waals surface area contributed by atoms with Crippen LogP contribution in [-0.2, 0) is 22.5 Å². The van der Waals surface area contributed by atoms with Gasteiger partial charge in [0, 0.05) is 30.4 Å². The van der Waals surface area contributed by atoms with E-state index in [2.05, 4.69) is 20.5 Å². The third kappa shape index (κ3) is 5.69. The van der Waals surface area contributed by atoms with Crippen molar-refractivity contribution in [2.45, 2.75) is 70.7 Å². The van der Waals surface area contributed by atoms with Gasteiger partial charge in [0.1, 0.15) is 5.60 Å². The monoisotopic (exact) mass is 438 g/mol. The number of nitrogens with zero attached hydrogens (tertiary/aromatic N) is 2. The molecule has 0 spiro atoms. The van der Waals surface area contributed by atoms with Crippen LogP contribution in [-0.4, -0.2) is 64.2 Å². The number of fused-ring (bicyclic) bond motifs is 1. The molecule has 0 unspecified atom stereocenters.